The molecule has 0 fully saturated rings. The normalized spacial score (nSPS) is 10.2. The molecule has 1 aromatic heterocycles. The fourth-order valence-corrected chi connectivity index (χ4v) is 1.33. The minimum Gasteiger partial charge on any atom is -0.475 e. The van der Waals surface area contributed by atoms with Crippen molar-refractivity contribution in [1.29, 1.82) is 0 Å². The van der Waals surface area contributed by atoms with Gasteiger partial charge in [-0.05, 0) is 36.8 Å². The smallest absolute Gasteiger partial charge is 0.371 e. The highest BCUT2D eigenvalue weighted by molar-refractivity contribution is 5.84. The van der Waals surface area contributed by atoms with Gasteiger partial charge in [0.2, 0.25) is 5.76 Å². The standard InChI is InChI=1S/C12H9FO4/c1-7-6-8(13)2-3-9(7)16-11-5-4-10(17-11)12(14)15/h2-6H,1H3,(H,14,15). The van der Waals surface area contributed by atoms with Crippen LogP contribution in [0.2, 0.25) is 0 Å². The molecule has 2 aromatic rings. The maximum Gasteiger partial charge on any atom is 0.371 e. The molecule has 4 nitrogen and oxygen atoms in total. The van der Waals surface area contributed by atoms with Crippen LogP contribution in [-0.4, -0.2) is 11.1 Å². The summed E-state index contributed by atoms with van der Waals surface area (Å²) >= 11 is 0. The quantitative estimate of drug-likeness (QED) is 0.888. The Bertz CT molecular complexity index is 559. The zero-order chi connectivity index (χ0) is 12.4. The lowest BCUT2D eigenvalue weighted by atomic mass is 10.2. The SMILES string of the molecule is Cc1cc(F)ccc1Oc1ccc(C(=O)O)o1. The summed E-state index contributed by atoms with van der Waals surface area (Å²) in [4.78, 5) is 10.6. The minimum absolute atomic E-state index is 0.0529. The molecule has 1 heterocycles. The van der Waals surface area contributed by atoms with Crippen LogP contribution in [0, 0.1) is 12.7 Å². The largest absolute Gasteiger partial charge is 0.475 e. The van der Waals surface area contributed by atoms with Crippen LogP contribution in [0.4, 0.5) is 4.39 Å². The molecule has 0 bridgehead atoms. The molecule has 0 saturated carbocycles. The monoisotopic (exact) mass is 236 g/mol. The van der Waals surface area contributed by atoms with Gasteiger partial charge in [0.25, 0.3) is 5.95 Å². The molecular formula is C12H9FO4. The maximum atomic E-state index is 12.8. The summed E-state index contributed by atoms with van der Waals surface area (Å²) in [5.41, 5.74) is 0.596. The number of carboxylic acid groups (broad SMARTS) is 1. The first-order valence-electron chi connectivity index (χ1n) is 4.83. The van der Waals surface area contributed by atoms with Gasteiger partial charge in [-0.2, -0.15) is 0 Å². The van der Waals surface area contributed by atoms with Crippen LogP contribution in [0.15, 0.2) is 34.7 Å². The number of ether oxygens (including phenoxy) is 1. The molecule has 0 aliphatic heterocycles. The minimum atomic E-state index is -1.17. The number of rotatable bonds is 3. The predicted octanol–water partition coefficient (Wildman–Crippen LogP) is 3.22. The average molecular weight is 236 g/mol. The molecule has 88 valence electrons. The lowest BCUT2D eigenvalue weighted by Gasteiger charge is -2.05. The molecule has 1 aromatic carbocycles. The van der Waals surface area contributed by atoms with Crippen molar-refractivity contribution in [2.45, 2.75) is 6.92 Å². The number of hydrogen-bond acceptors (Lipinski definition) is 3. The average Bonchev–Trinajstić information content (AvgIpc) is 2.71. The molecular weight excluding hydrogens is 227 g/mol. The molecule has 2 rings (SSSR count). The molecule has 5 heteroatoms. The summed E-state index contributed by atoms with van der Waals surface area (Å²) in [6.07, 6.45) is 0. The first kappa shape index (κ1) is 11.2. The third-order valence-corrected chi connectivity index (χ3v) is 2.14. The fourth-order valence-electron chi connectivity index (χ4n) is 1.33. The van der Waals surface area contributed by atoms with Gasteiger partial charge in [-0.25, -0.2) is 9.18 Å². The van der Waals surface area contributed by atoms with Crippen LogP contribution in [0.1, 0.15) is 16.1 Å². The third kappa shape index (κ3) is 2.44. The van der Waals surface area contributed by atoms with E-state index < -0.39 is 5.97 Å². The molecule has 1 N–H and O–H groups in total. The third-order valence-electron chi connectivity index (χ3n) is 2.14. The van der Waals surface area contributed by atoms with E-state index in [9.17, 15) is 9.18 Å². The topological polar surface area (TPSA) is 59.7 Å². The van der Waals surface area contributed by atoms with Gasteiger partial charge >= 0.3 is 5.97 Å². The maximum absolute atomic E-state index is 12.8. The van der Waals surface area contributed by atoms with Crippen molar-refractivity contribution < 1.29 is 23.4 Å². The Balaban J connectivity index is 2.22. The second-order valence-electron chi connectivity index (χ2n) is 3.44. The highest BCUT2D eigenvalue weighted by Crippen LogP contribution is 2.26. The van der Waals surface area contributed by atoms with Crippen molar-refractivity contribution in [2.24, 2.45) is 0 Å². The van der Waals surface area contributed by atoms with Gasteiger partial charge < -0.3 is 14.3 Å². The summed E-state index contributed by atoms with van der Waals surface area (Å²) < 4.78 is 23.1. The van der Waals surface area contributed by atoms with Gasteiger partial charge in [0.1, 0.15) is 11.6 Å². The fraction of sp³-hybridized carbons (Fsp3) is 0.0833. The van der Waals surface area contributed by atoms with E-state index >= 15 is 0 Å². The van der Waals surface area contributed by atoms with Gasteiger partial charge in [0.05, 0.1) is 0 Å². The van der Waals surface area contributed by atoms with Crippen LogP contribution < -0.4 is 4.74 Å². The predicted molar refractivity (Wildman–Crippen MR) is 56.9 cm³/mol. The van der Waals surface area contributed by atoms with Gasteiger partial charge in [-0.3, -0.25) is 0 Å². The molecule has 0 unspecified atom stereocenters. The zero-order valence-electron chi connectivity index (χ0n) is 8.94. The second kappa shape index (κ2) is 4.29. The van der Waals surface area contributed by atoms with Crippen LogP contribution in [0.5, 0.6) is 11.7 Å². The highest BCUT2D eigenvalue weighted by Gasteiger charge is 2.11. The van der Waals surface area contributed by atoms with Crippen molar-refractivity contribution in [3.63, 3.8) is 0 Å². The van der Waals surface area contributed by atoms with Crippen molar-refractivity contribution >= 4 is 5.97 Å². The van der Waals surface area contributed by atoms with Crippen molar-refractivity contribution in [2.75, 3.05) is 0 Å². The number of benzene rings is 1. The number of carbonyl (C=O) groups is 1. The van der Waals surface area contributed by atoms with Gasteiger partial charge in [-0.1, -0.05) is 0 Å². The molecule has 0 atom stereocenters. The van der Waals surface area contributed by atoms with Crippen LogP contribution >= 0.6 is 0 Å². The van der Waals surface area contributed by atoms with E-state index in [-0.39, 0.29) is 17.5 Å². The summed E-state index contributed by atoms with van der Waals surface area (Å²) in [5.74, 6) is -1.27. The number of aromatic carboxylic acids is 1. The number of hydrogen-bond donors (Lipinski definition) is 1. The Hall–Kier alpha value is -2.30. The van der Waals surface area contributed by atoms with E-state index in [2.05, 4.69) is 0 Å². The molecule has 0 aliphatic carbocycles. The summed E-state index contributed by atoms with van der Waals surface area (Å²) in [7, 11) is 0. The van der Waals surface area contributed by atoms with Gasteiger partial charge in [0, 0.05) is 6.07 Å². The lowest BCUT2D eigenvalue weighted by Crippen LogP contribution is -1.92. The Morgan fingerprint density at radius 3 is 2.71 bits per heavy atom. The van der Waals surface area contributed by atoms with E-state index in [4.69, 9.17) is 14.3 Å². The highest BCUT2D eigenvalue weighted by atomic mass is 19.1. The van der Waals surface area contributed by atoms with Crippen molar-refractivity contribution in [1.82, 2.24) is 0 Å². The zero-order valence-corrected chi connectivity index (χ0v) is 8.94. The van der Waals surface area contributed by atoms with Crippen molar-refractivity contribution in [3.05, 3.63) is 47.5 Å². The van der Waals surface area contributed by atoms with Gasteiger partial charge in [-0.15, -0.1) is 0 Å². The van der Waals surface area contributed by atoms with Gasteiger partial charge in [0.15, 0.2) is 0 Å². The summed E-state index contributed by atoms with van der Waals surface area (Å²) in [6, 6.07) is 6.70. The molecule has 0 amide bonds. The second-order valence-corrected chi connectivity index (χ2v) is 3.44. The van der Waals surface area contributed by atoms with E-state index in [1.54, 1.807) is 6.92 Å². The molecule has 0 radical (unpaired) electrons. The van der Waals surface area contributed by atoms with E-state index in [0.29, 0.717) is 11.3 Å². The molecule has 0 spiro atoms. The van der Waals surface area contributed by atoms with Crippen molar-refractivity contribution in [3.8, 4) is 11.7 Å². The molecule has 0 saturated heterocycles. The first-order chi connectivity index (χ1) is 8.06. The van der Waals surface area contributed by atoms with Crippen LogP contribution in [-0.2, 0) is 0 Å². The number of carboxylic acids is 1. The molecule has 0 aliphatic rings. The van der Waals surface area contributed by atoms with Crippen LogP contribution in [0.3, 0.4) is 0 Å². The van der Waals surface area contributed by atoms with E-state index in [0.717, 1.165) is 0 Å². The lowest BCUT2D eigenvalue weighted by molar-refractivity contribution is 0.0657. The number of furan rings is 1. The van der Waals surface area contributed by atoms with E-state index in [1.807, 2.05) is 0 Å². The van der Waals surface area contributed by atoms with Crippen LogP contribution in [0.25, 0.3) is 0 Å². The Morgan fingerprint density at radius 2 is 2.12 bits per heavy atom. The number of aryl methyl sites for hydroxylation is 1. The van der Waals surface area contributed by atoms with E-state index in [1.165, 1.54) is 30.3 Å². The number of halogens is 1. The summed E-state index contributed by atoms with van der Waals surface area (Å²) in [5, 5.41) is 8.66. The Labute approximate surface area is 96.2 Å². The Morgan fingerprint density at radius 1 is 1.35 bits per heavy atom. The molecule has 17 heavy (non-hydrogen) atoms. The first-order valence-corrected chi connectivity index (χ1v) is 4.83. The summed E-state index contributed by atoms with van der Waals surface area (Å²) in [6.45, 7) is 1.68. The Kier molecular flexibility index (Phi) is 2.82.